The molecule has 2 aliphatic heterocycles. The van der Waals surface area contributed by atoms with Crippen LogP contribution in [-0.2, 0) is 17.8 Å². The van der Waals surface area contributed by atoms with Crippen molar-refractivity contribution in [1.29, 1.82) is 0 Å². The molecule has 3 nitrogen and oxygen atoms in total. The van der Waals surface area contributed by atoms with Crippen LogP contribution in [0.2, 0.25) is 0 Å². The van der Waals surface area contributed by atoms with E-state index in [2.05, 4.69) is 34.1 Å². The second-order valence-electron chi connectivity index (χ2n) is 8.45. The van der Waals surface area contributed by atoms with Gasteiger partial charge in [-0.1, -0.05) is 42.5 Å². The number of benzene rings is 2. The van der Waals surface area contributed by atoms with Crippen LogP contribution in [-0.4, -0.2) is 41.9 Å². The first-order valence-corrected chi connectivity index (χ1v) is 10.4. The van der Waals surface area contributed by atoms with Crippen LogP contribution >= 0.6 is 0 Å². The summed E-state index contributed by atoms with van der Waals surface area (Å²) in [6, 6.07) is 17.3. The summed E-state index contributed by atoms with van der Waals surface area (Å²) in [7, 11) is 0. The molecule has 2 fully saturated rings. The van der Waals surface area contributed by atoms with Gasteiger partial charge in [-0.3, -0.25) is 9.69 Å². The Hall–Kier alpha value is -2.20. The lowest BCUT2D eigenvalue weighted by Gasteiger charge is -2.47. The molecule has 1 amide bonds. The molecule has 0 aromatic heterocycles. The highest BCUT2D eigenvalue weighted by Crippen LogP contribution is 2.40. The quantitative estimate of drug-likeness (QED) is 0.773. The maximum Gasteiger partial charge on any atom is 0.222 e. The van der Waals surface area contributed by atoms with Crippen LogP contribution in [0.25, 0.3) is 0 Å². The largest absolute Gasteiger partial charge is 0.342 e. The molecule has 0 radical (unpaired) electrons. The molecule has 28 heavy (non-hydrogen) atoms. The Morgan fingerprint density at radius 2 is 1.61 bits per heavy atom. The first-order chi connectivity index (χ1) is 13.6. The Morgan fingerprint density at radius 1 is 0.893 bits per heavy atom. The van der Waals surface area contributed by atoms with Gasteiger partial charge in [0.25, 0.3) is 0 Å². The minimum atomic E-state index is -0.177. The lowest BCUT2D eigenvalue weighted by molar-refractivity contribution is -0.139. The van der Waals surface area contributed by atoms with Crippen molar-refractivity contribution in [1.82, 2.24) is 9.80 Å². The van der Waals surface area contributed by atoms with Crippen molar-refractivity contribution in [2.75, 3.05) is 26.2 Å². The van der Waals surface area contributed by atoms with E-state index in [1.807, 2.05) is 18.2 Å². The summed E-state index contributed by atoms with van der Waals surface area (Å²) < 4.78 is 13.1. The smallest absolute Gasteiger partial charge is 0.222 e. The van der Waals surface area contributed by atoms with E-state index >= 15 is 0 Å². The van der Waals surface area contributed by atoms with Crippen molar-refractivity contribution in [3.8, 4) is 0 Å². The summed E-state index contributed by atoms with van der Waals surface area (Å²) in [5, 5.41) is 0. The first kappa shape index (κ1) is 19.1. The summed E-state index contributed by atoms with van der Waals surface area (Å²) in [4.78, 5) is 17.0. The van der Waals surface area contributed by atoms with E-state index in [1.54, 1.807) is 0 Å². The first-order valence-electron chi connectivity index (χ1n) is 10.4. The fraction of sp³-hybridized carbons (Fsp3) is 0.458. The summed E-state index contributed by atoms with van der Waals surface area (Å²) in [5.74, 6) is 0.138. The number of rotatable bonds is 5. The van der Waals surface area contributed by atoms with Gasteiger partial charge in [0.2, 0.25) is 5.91 Å². The molecule has 148 valence electrons. The van der Waals surface area contributed by atoms with Crippen molar-refractivity contribution in [3.05, 3.63) is 71.5 Å². The maximum absolute atomic E-state index is 13.1. The van der Waals surface area contributed by atoms with Crippen LogP contribution in [0.1, 0.15) is 36.8 Å². The standard InChI is InChI=1S/C24H29FN2O/c25-22-8-6-21(7-9-22)18-26-16-13-24(14-17-26)12-10-23(28)27(19-24)15-11-20-4-2-1-3-5-20/h1-9H,10-19H2. The number of carbonyl (C=O) groups excluding carboxylic acids is 1. The monoisotopic (exact) mass is 380 g/mol. The summed E-state index contributed by atoms with van der Waals surface area (Å²) in [6.45, 7) is 4.72. The Morgan fingerprint density at radius 3 is 2.32 bits per heavy atom. The molecule has 2 heterocycles. The minimum Gasteiger partial charge on any atom is -0.342 e. The molecule has 0 atom stereocenters. The predicted molar refractivity (Wildman–Crippen MR) is 109 cm³/mol. The van der Waals surface area contributed by atoms with Gasteiger partial charge < -0.3 is 4.90 Å². The van der Waals surface area contributed by atoms with Gasteiger partial charge in [0.05, 0.1) is 0 Å². The highest BCUT2D eigenvalue weighted by Gasteiger charge is 2.40. The van der Waals surface area contributed by atoms with Gasteiger partial charge in [0, 0.05) is 26.1 Å². The van der Waals surface area contributed by atoms with Crippen molar-refractivity contribution in [2.24, 2.45) is 5.41 Å². The van der Waals surface area contributed by atoms with Crippen LogP contribution < -0.4 is 0 Å². The molecule has 4 heteroatoms. The zero-order chi connectivity index (χ0) is 19.4. The number of amides is 1. The molecule has 2 aliphatic rings. The molecule has 0 saturated carbocycles. The zero-order valence-corrected chi connectivity index (χ0v) is 16.4. The van der Waals surface area contributed by atoms with E-state index in [-0.39, 0.29) is 11.2 Å². The van der Waals surface area contributed by atoms with Gasteiger partial charge in [0.1, 0.15) is 5.82 Å². The Kier molecular flexibility index (Phi) is 5.77. The molecule has 0 bridgehead atoms. The fourth-order valence-corrected chi connectivity index (χ4v) is 4.66. The van der Waals surface area contributed by atoms with Crippen LogP contribution in [0, 0.1) is 11.2 Å². The third-order valence-electron chi connectivity index (χ3n) is 6.50. The second-order valence-corrected chi connectivity index (χ2v) is 8.45. The summed E-state index contributed by atoms with van der Waals surface area (Å²) >= 11 is 0. The maximum atomic E-state index is 13.1. The highest BCUT2D eigenvalue weighted by atomic mass is 19.1. The topological polar surface area (TPSA) is 23.6 Å². The number of halogens is 1. The number of nitrogens with zero attached hydrogens (tertiary/aromatic N) is 2. The van der Waals surface area contributed by atoms with Crippen molar-refractivity contribution in [3.63, 3.8) is 0 Å². The number of likely N-dealkylation sites (tertiary alicyclic amines) is 2. The van der Waals surface area contributed by atoms with E-state index in [1.165, 1.54) is 23.3 Å². The molecule has 1 spiro atoms. The van der Waals surface area contributed by atoms with Gasteiger partial charge >= 0.3 is 0 Å². The van der Waals surface area contributed by atoms with E-state index in [9.17, 15) is 9.18 Å². The number of hydrogen-bond acceptors (Lipinski definition) is 2. The SMILES string of the molecule is O=C1CCC2(CCN(Cc3ccc(F)cc3)CC2)CN1CCc1ccccc1. The lowest BCUT2D eigenvalue weighted by atomic mass is 9.72. The third-order valence-corrected chi connectivity index (χ3v) is 6.50. The molecular formula is C24H29FN2O. The number of hydrogen-bond donors (Lipinski definition) is 0. The van der Waals surface area contributed by atoms with Crippen LogP contribution in [0.3, 0.4) is 0 Å². The zero-order valence-electron chi connectivity index (χ0n) is 16.4. The van der Waals surface area contributed by atoms with Gasteiger partial charge in [-0.05, 0) is 67.4 Å². The van der Waals surface area contributed by atoms with Crippen LogP contribution in [0.4, 0.5) is 4.39 Å². The van der Waals surface area contributed by atoms with E-state index in [0.29, 0.717) is 12.3 Å². The number of carbonyl (C=O) groups is 1. The van der Waals surface area contributed by atoms with Crippen LogP contribution in [0.15, 0.2) is 54.6 Å². The van der Waals surface area contributed by atoms with Gasteiger partial charge in [0.15, 0.2) is 0 Å². The Balaban J connectivity index is 1.31. The minimum absolute atomic E-state index is 0.177. The number of piperidine rings is 2. The van der Waals surface area contributed by atoms with Crippen molar-refractivity contribution >= 4 is 5.91 Å². The fourth-order valence-electron chi connectivity index (χ4n) is 4.66. The average molecular weight is 381 g/mol. The molecule has 0 unspecified atom stereocenters. The molecule has 0 N–H and O–H groups in total. The summed E-state index contributed by atoms with van der Waals surface area (Å²) in [5.41, 5.74) is 2.74. The summed E-state index contributed by atoms with van der Waals surface area (Å²) in [6.07, 6.45) is 4.93. The normalized spacial score (nSPS) is 19.9. The van der Waals surface area contributed by atoms with Gasteiger partial charge in [-0.15, -0.1) is 0 Å². The van der Waals surface area contributed by atoms with Gasteiger partial charge in [-0.2, -0.15) is 0 Å². The van der Waals surface area contributed by atoms with E-state index in [4.69, 9.17) is 0 Å². The van der Waals surface area contributed by atoms with Crippen LogP contribution in [0.5, 0.6) is 0 Å². The van der Waals surface area contributed by atoms with E-state index < -0.39 is 0 Å². The third kappa shape index (κ3) is 4.61. The lowest BCUT2D eigenvalue weighted by Crippen LogP contribution is -2.51. The van der Waals surface area contributed by atoms with Gasteiger partial charge in [-0.25, -0.2) is 4.39 Å². The average Bonchev–Trinajstić information content (AvgIpc) is 2.73. The molecule has 2 aromatic carbocycles. The Labute approximate surface area is 167 Å². The molecule has 0 aliphatic carbocycles. The molecule has 2 aromatic rings. The molecule has 4 rings (SSSR count). The molecule has 2 saturated heterocycles. The van der Waals surface area contributed by atoms with Crippen molar-refractivity contribution in [2.45, 2.75) is 38.6 Å². The highest BCUT2D eigenvalue weighted by molar-refractivity contribution is 5.77. The predicted octanol–water partition coefficient (Wildman–Crippen LogP) is 4.27. The van der Waals surface area contributed by atoms with Crippen molar-refractivity contribution < 1.29 is 9.18 Å². The van der Waals surface area contributed by atoms with E-state index in [0.717, 1.165) is 58.4 Å². The molecular weight excluding hydrogens is 351 g/mol. The second kappa shape index (κ2) is 8.44. The Bertz CT molecular complexity index is 782.